The fraction of sp³-hybridized carbons (Fsp3) is 0. The van der Waals surface area contributed by atoms with Crippen molar-refractivity contribution in [3.63, 3.8) is 0 Å². The molecule has 0 saturated heterocycles. The zero-order chi connectivity index (χ0) is 13.2. The van der Waals surface area contributed by atoms with E-state index < -0.39 is 37.5 Å². The molecule has 1 aromatic carbocycles. The predicted molar refractivity (Wildman–Crippen MR) is 56.6 cm³/mol. The fourth-order valence-corrected chi connectivity index (χ4v) is 1.93. The molecular formula is C7H6F3N3O2S2. The van der Waals surface area contributed by atoms with Gasteiger partial charge in [0.1, 0.15) is 4.90 Å². The van der Waals surface area contributed by atoms with Crippen molar-refractivity contribution >= 4 is 27.4 Å². The van der Waals surface area contributed by atoms with E-state index in [9.17, 15) is 21.6 Å². The number of halogens is 3. The summed E-state index contributed by atoms with van der Waals surface area (Å²) in [6.07, 6.45) is 0. The first kappa shape index (κ1) is 13.7. The van der Waals surface area contributed by atoms with Crippen molar-refractivity contribution in [2.45, 2.75) is 4.90 Å². The number of thiocarbonyl (C=S) groups is 1. The molecule has 0 atom stereocenters. The molecule has 0 aromatic heterocycles. The second-order valence-electron chi connectivity index (χ2n) is 2.77. The summed E-state index contributed by atoms with van der Waals surface area (Å²) < 4.78 is 61.3. The Hall–Kier alpha value is -1.39. The standard InChI is InChI=1S/C7H6F3N3O2S2/c8-3-1-2-4(6(10)5(3)9)17(14,15)13-12-7(11)16/h1-2,13H,(H3,11,12,16). The van der Waals surface area contributed by atoms with Crippen LogP contribution in [0, 0.1) is 17.5 Å². The smallest absolute Gasteiger partial charge is 0.260 e. The Balaban J connectivity index is 3.16. The van der Waals surface area contributed by atoms with Crippen molar-refractivity contribution in [2.75, 3.05) is 0 Å². The van der Waals surface area contributed by atoms with Crippen molar-refractivity contribution in [3.05, 3.63) is 29.6 Å². The average molecular weight is 285 g/mol. The van der Waals surface area contributed by atoms with Gasteiger partial charge in [-0.05, 0) is 24.4 Å². The van der Waals surface area contributed by atoms with E-state index in [1.54, 1.807) is 4.83 Å². The Kier molecular flexibility index (Phi) is 3.91. The SMILES string of the molecule is NC(=S)NNS(=O)(=O)c1ccc(F)c(F)c1F. The number of hydrogen-bond donors (Lipinski definition) is 3. The molecule has 0 aliphatic heterocycles. The molecule has 1 rings (SSSR count). The Morgan fingerprint density at radius 1 is 1.24 bits per heavy atom. The van der Waals surface area contributed by atoms with Gasteiger partial charge in [-0.1, -0.05) is 0 Å². The summed E-state index contributed by atoms with van der Waals surface area (Å²) in [6.45, 7) is 0. The maximum Gasteiger partial charge on any atom is 0.260 e. The third-order valence-corrected chi connectivity index (χ3v) is 2.97. The molecule has 0 fully saturated rings. The Labute approximate surface area is 99.8 Å². The van der Waals surface area contributed by atoms with Gasteiger partial charge < -0.3 is 5.73 Å². The van der Waals surface area contributed by atoms with E-state index >= 15 is 0 Å². The van der Waals surface area contributed by atoms with E-state index in [0.717, 1.165) is 0 Å². The molecule has 10 heteroatoms. The van der Waals surface area contributed by atoms with E-state index in [0.29, 0.717) is 12.1 Å². The topological polar surface area (TPSA) is 84.2 Å². The highest BCUT2D eigenvalue weighted by Gasteiger charge is 2.23. The second kappa shape index (κ2) is 4.85. The van der Waals surface area contributed by atoms with Crippen molar-refractivity contribution in [3.8, 4) is 0 Å². The van der Waals surface area contributed by atoms with E-state index in [2.05, 4.69) is 12.2 Å². The molecule has 0 amide bonds. The van der Waals surface area contributed by atoms with Gasteiger partial charge in [-0.2, -0.15) is 0 Å². The number of hydrazine groups is 1. The van der Waals surface area contributed by atoms with Crippen molar-refractivity contribution in [2.24, 2.45) is 5.73 Å². The molecule has 0 spiro atoms. The van der Waals surface area contributed by atoms with Gasteiger partial charge in [-0.25, -0.2) is 21.6 Å². The number of hydrogen-bond acceptors (Lipinski definition) is 3. The molecule has 0 bridgehead atoms. The van der Waals surface area contributed by atoms with Crippen LogP contribution in [0.2, 0.25) is 0 Å². The van der Waals surface area contributed by atoms with Gasteiger partial charge in [-0.15, -0.1) is 4.83 Å². The number of nitrogens with one attached hydrogen (secondary N) is 2. The van der Waals surface area contributed by atoms with Crippen LogP contribution in [0.1, 0.15) is 0 Å². The number of nitrogens with two attached hydrogens (primary N) is 1. The molecule has 5 nitrogen and oxygen atoms in total. The summed E-state index contributed by atoms with van der Waals surface area (Å²) >= 11 is 4.30. The maximum absolute atomic E-state index is 13.2. The molecule has 0 radical (unpaired) electrons. The molecule has 94 valence electrons. The first-order chi connectivity index (χ1) is 7.75. The first-order valence-corrected chi connectivity index (χ1v) is 5.85. The van der Waals surface area contributed by atoms with Crippen molar-refractivity contribution in [1.82, 2.24) is 10.3 Å². The van der Waals surface area contributed by atoms with Crippen LogP contribution in [0.3, 0.4) is 0 Å². The lowest BCUT2D eigenvalue weighted by Gasteiger charge is -2.08. The highest BCUT2D eigenvalue weighted by Crippen LogP contribution is 2.18. The van der Waals surface area contributed by atoms with Crippen LogP contribution >= 0.6 is 12.2 Å². The molecule has 17 heavy (non-hydrogen) atoms. The minimum absolute atomic E-state index is 0.420. The molecule has 0 aliphatic carbocycles. The molecule has 0 heterocycles. The fourth-order valence-electron chi connectivity index (χ4n) is 0.888. The van der Waals surface area contributed by atoms with Crippen LogP contribution in [0.5, 0.6) is 0 Å². The highest BCUT2D eigenvalue weighted by molar-refractivity contribution is 7.89. The molecule has 0 saturated carbocycles. The summed E-state index contributed by atoms with van der Waals surface area (Å²) in [6, 6.07) is 1.05. The maximum atomic E-state index is 13.2. The van der Waals surface area contributed by atoms with Crippen LogP contribution < -0.4 is 16.0 Å². The summed E-state index contributed by atoms with van der Waals surface area (Å²) in [7, 11) is -4.44. The van der Waals surface area contributed by atoms with Crippen molar-refractivity contribution in [1.29, 1.82) is 0 Å². The molecule has 0 aliphatic rings. The van der Waals surface area contributed by atoms with Crippen LogP contribution in [0.15, 0.2) is 17.0 Å². The Bertz CT molecular complexity index is 562. The van der Waals surface area contributed by atoms with Crippen LogP contribution in [-0.4, -0.2) is 13.5 Å². The van der Waals surface area contributed by atoms with E-state index in [-0.39, 0.29) is 0 Å². The van der Waals surface area contributed by atoms with Crippen LogP contribution in [-0.2, 0) is 10.0 Å². The molecule has 1 aromatic rings. The minimum Gasteiger partial charge on any atom is -0.375 e. The monoisotopic (exact) mass is 285 g/mol. The average Bonchev–Trinajstić information content (AvgIpc) is 2.23. The minimum atomic E-state index is -4.44. The normalized spacial score (nSPS) is 11.2. The van der Waals surface area contributed by atoms with Gasteiger partial charge in [-0.3, -0.25) is 5.43 Å². The summed E-state index contributed by atoms with van der Waals surface area (Å²) in [4.78, 5) is 0.520. The van der Waals surface area contributed by atoms with Gasteiger partial charge in [0.05, 0.1) is 0 Å². The number of rotatable bonds is 3. The highest BCUT2D eigenvalue weighted by atomic mass is 32.2. The first-order valence-electron chi connectivity index (χ1n) is 3.96. The van der Waals surface area contributed by atoms with Crippen LogP contribution in [0.4, 0.5) is 13.2 Å². The number of benzene rings is 1. The van der Waals surface area contributed by atoms with Crippen LogP contribution in [0.25, 0.3) is 0 Å². The third kappa shape index (κ3) is 3.05. The predicted octanol–water partition coefficient (Wildman–Crippen LogP) is 0.130. The van der Waals surface area contributed by atoms with Gasteiger partial charge in [0.15, 0.2) is 22.6 Å². The molecule has 4 N–H and O–H groups in total. The zero-order valence-electron chi connectivity index (χ0n) is 8.00. The lowest BCUT2D eigenvalue weighted by molar-refractivity contribution is 0.431. The Morgan fingerprint density at radius 2 is 1.82 bits per heavy atom. The van der Waals surface area contributed by atoms with E-state index in [1.165, 1.54) is 0 Å². The molecule has 0 unspecified atom stereocenters. The lowest BCUT2D eigenvalue weighted by atomic mass is 10.3. The number of sulfonamides is 1. The third-order valence-electron chi connectivity index (χ3n) is 1.60. The lowest BCUT2D eigenvalue weighted by Crippen LogP contribution is -2.44. The summed E-state index contributed by atoms with van der Waals surface area (Å²) in [5, 5.41) is -0.420. The largest absolute Gasteiger partial charge is 0.375 e. The van der Waals surface area contributed by atoms with E-state index in [4.69, 9.17) is 5.73 Å². The van der Waals surface area contributed by atoms with Crippen molar-refractivity contribution < 1.29 is 21.6 Å². The van der Waals surface area contributed by atoms with Gasteiger partial charge in [0, 0.05) is 0 Å². The van der Waals surface area contributed by atoms with Gasteiger partial charge in [0.25, 0.3) is 10.0 Å². The zero-order valence-corrected chi connectivity index (χ0v) is 9.63. The summed E-state index contributed by atoms with van der Waals surface area (Å²) in [5.74, 6) is -5.21. The van der Waals surface area contributed by atoms with E-state index in [1.807, 2.05) is 5.43 Å². The Morgan fingerprint density at radius 3 is 2.35 bits per heavy atom. The second-order valence-corrected chi connectivity index (χ2v) is 4.86. The molecular weight excluding hydrogens is 279 g/mol. The van der Waals surface area contributed by atoms with Gasteiger partial charge in [0.2, 0.25) is 0 Å². The summed E-state index contributed by atoms with van der Waals surface area (Å²) in [5.41, 5.74) is 6.77. The van der Waals surface area contributed by atoms with Gasteiger partial charge >= 0.3 is 0 Å². The quantitative estimate of drug-likeness (QED) is 0.418.